The summed E-state index contributed by atoms with van der Waals surface area (Å²) in [4.78, 5) is 1.32. The van der Waals surface area contributed by atoms with Crippen LogP contribution in [-0.2, 0) is 0 Å². The summed E-state index contributed by atoms with van der Waals surface area (Å²) < 4.78 is 1.34. The van der Waals surface area contributed by atoms with Crippen molar-refractivity contribution in [3.05, 3.63) is 66.7 Å². The highest BCUT2D eigenvalue weighted by atomic mass is 32.1. The molecule has 0 saturated carbocycles. The van der Waals surface area contributed by atoms with Crippen LogP contribution in [0.2, 0.25) is 0 Å². The van der Waals surface area contributed by atoms with Gasteiger partial charge in [0, 0.05) is 9.58 Å². The highest BCUT2D eigenvalue weighted by Gasteiger charge is 2.03. The molecule has 17 heavy (non-hydrogen) atoms. The van der Waals surface area contributed by atoms with Crippen molar-refractivity contribution in [3.8, 4) is 10.4 Å². The van der Waals surface area contributed by atoms with Gasteiger partial charge in [0.05, 0.1) is 0 Å². The zero-order chi connectivity index (χ0) is 11.7. The fourth-order valence-corrected chi connectivity index (χ4v) is 2.98. The van der Waals surface area contributed by atoms with Crippen LogP contribution in [0.3, 0.4) is 0 Å². The van der Waals surface area contributed by atoms with E-state index in [2.05, 4.69) is 61.2 Å². The summed E-state index contributed by atoms with van der Waals surface area (Å²) >= 11 is 1.84. The van der Waals surface area contributed by atoms with E-state index in [-0.39, 0.29) is 0 Å². The summed E-state index contributed by atoms with van der Waals surface area (Å²) in [6.07, 6.45) is 1.87. The Morgan fingerprint density at radius 2 is 1.71 bits per heavy atom. The highest BCUT2D eigenvalue weighted by Crippen LogP contribution is 2.33. The number of thiophene rings is 1. The van der Waals surface area contributed by atoms with Gasteiger partial charge in [-0.15, -0.1) is 11.3 Å². The molecule has 0 spiro atoms. The lowest BCUT2D eigenvalue weighted by Gasteiger charge is -1.97. The zero-order valence-electron chi connectivity index (χ0n) is 9.39. The van der Waals surface area contributed by atoms with E-state index in [0.717, 1.165) is 5.56 Å². The summed E-state index contributed by atoms with van der Waals surface area (Å²) in [5.74, 6) is 0. The van der Waals surface area contributed by atoms with Gasteiger partial charge in [-0.3, -0.25) is 0 Å². The summed E-state index contributed by atoms with van der Waals surface area (Å²) in [6.45, 7) is 3.77. The molecule has 0 N–H and O–H groups in total. The van der Waals surface area contributed by atoms with Gasteiger partial charge in [-0.1, -0.05) is 55.1 Å². The monoisotopic (exact) mass is 236 g/mol. The third-order valence-corrected chi connectivity index (χ3v) is 4.02. The van der Waals surface area contributed by atoms with Gasteiger partial charge in [0.1, 0.15) is 0 Å². The smallest absolute Gasteiger partial charge is 0.0355 e. The minimum atomic E-state index is 1.16. The maximum Gasteiger partial charge on any atom is 0.0355 e. The molecular weight excluding hydrogens is 224 g/mol. The molecule has 0 saturated heterocycles. The molecule has 3 aromatic rings. The number of hydrogen-bond donors (Lipinski definition) is 0. The van der Waals surface area contributed by atoms with Crippen LogP contribution in [0.4, 0.5) is 0 Å². The van der Waals surface area contributed by atoms with Crippen LogP contribution in [0.25, 0.3) is 26.6 Å². The van der Waals surface area contributed by atoms with Crippen LogP contribution in [-0.4, -0.2) is 0 Å². The summed E-state index contributed by atoms with van der Waals surface area (Å²) in [7, 11) is 0. The van der Waals surface area contributed by atoms with E-state index < -0.39 is 0 Å². The molecule has 0 unspecified atom stereocenters. The average Bonchev–Trinajstić information content (AvgIpc) is 2.82. The van der Waals surface area contributed by atoms with Gasteiger partial charge >= 0.3 is 0 Å². The molecule has 1 aromatic heterocycles. The molecule has 1 heterocycles. The molecule has 0 aliphatic rings. The van der Waals surface area contributed by atoms with E-state index in [0.29, 0.717) is 0 Å². The number of fused-ring (bicyclic) bond motifs is 1. The minimum Gasteiger partial charge on any atom is -0.135 e. The molecule has 3 rings (SSSR count). The van der Waals surface area contributed by atoms with Crippen molar-refractivity contribution in [2.24, 2.45) is 0 Å². The molecule has 0 fully saturated rings. The summed E-state index contributed by atoms with van der Waals surface area (Å²) in [5, 5.41) is 1.32. The van der Waals surface area contributed by atoms with Crippen LogP contribution >= 0.6 is 11.3 Å². The van der Waals surface area contributed by atoms with Gasteiger partial charge in [0.15, 0.2) is 0 Å². The third-order valence-electron chi connectivity index (χ3n) is 2.86. The Morgan fingerprint density at radius 3 is 2.41 bits per heavy atom. The minimum absolute atomic E-state index is 1.16. The first-order valence-electron chi connectivity index (χ1n) is 5.58. The van der Waals surface area contributed by atoms with Crippen LogP contribution in [0.15, 0.2) is 61.2 Å². The standard InChI is InChI=1S/C16H12S/c1-2-12-7-9-13(10-8-12)16-11-14-5-3-4-6-15(14)17-16/h2-11H,1H2. The highest BCUT2D eigenvalue weighted by molar-refractivity contribution is 7.22. The summed E-state index contributed by atoms with van der Waals surface area (Å²) in [6, 6.07) is 19.3. The molecule has 0 bridgehead atoms. The SMILES string of the molecule is C=Cc1ccc(-c2cc3ccccc3s2)cc1. The lowest BCUT2D eigenvalue weighted by molar-refractivity contribution is 1.66. The van der Waals surface area contributed by atoms with Crippen molar-refractivity contribution in [3.63, 3.8) is 0 Å². The van der Waals surface area contributed by atoms with E-state index in [4.69, 9.17) is 0 Å². The van der Waals surface area contributed by atoms with E-state index in [9.17, 15) is 0 Å². The number of benzene rings is 2. The Balaban J connectivity index is 2.10. The van der Waals surface area contributed by atoms with Gasteiger partial charge in [-0.25, -0.2) is 0 Å². The molecule has 2 aromatic carbocycles. The Labute approximate surface area is 105 Å². The predicted molar refractivity (Wildman–Crippen MR) is 77.4 cm³/mol. The predicted octanol–water partition coefficient (Wildman–Crippen LogP) is 5.21. The average molecular weight is 236 g/mol. The van der Waals surface area contributed by atoms with Crippen LogP contribution in [0.1, 0.15) is 5.56 Å². The van der Waals surface area contributed by atoms with Crippen molar-refractivity contribution < 1.29 is 0 Å². The second kappa shape index (κ2) is 4.19. The Hall–Kier alpha value is -1.86. The normalized spacial score (nSPS) is 10.6. The second-order valence-electron chi connectivity index (χ2n) is 3.97. The quantitative estimate of drug-likeness (QED) is 0.573. The van der Waals surface area contributed by atoms with Gasteiger partial charge in [0.25, 0.3) is 0 Å². The molecule has 0 radical (unpaired) electrons. The van der Waals surface area contributed by atoms with E-state index in [1.165, 1.54) is 20.5 Å². The lowest BCUT2D eigenvalue weighted by atomic mass is 10.1. The Morgan fingerprint density at radius 1 is 0.941 bits per heavy atom. The maximum atomic E-state index is 3.77. The van der Waals surface area contributed by atoms with E-state index in [1.807, 2.05) is 17.4 Å². The first-order chi connectivity index (χ1) is 8.36. The molecule has 82 valence electrons. The first-order valence-corrected chi connectivity index (χ1v) is 6.40. The topological polar surface area (TPSA) is 0 Å². The zero-order valence-corrected chi connectivity index (χ0v) is 10.2. The van der Waals surface area contributed by atoms with Crippen molar-refractivity contribution in [1.82, 2.24) is 0 Å². The second-order valence-corrected chi connectivity index (χ2v) is 5.06. The van der Waals surface area contributed by atoms with Crippen LogP contribution in [0, 0.1) is 0 Å². The first kappa shape index (κ1) is 10.3. The van der Waals surface area contributed by atoms with Gasteiger partial charge in [-0.05, 0) is 28.6 Å². The Kier molecular flexibility index (Phi) is 2.54. The molecule has 0 amide bonds. The van der Waals surface area contributed by atoms with Gasteiger partial charge in [0.2, 0.25) is 0 Å². The summed E-state index contributed by atoms with van der Waals surface area (Å²) in [5.41, 5.74) is 2.44. The fourth-order valence-electron chi connectivity index (χ4n) is 1.91. The molecule has 1 heteroatoms. The van der Waals surface area contributed by atoms with Crippen molar-refractivity contribution in [1.29, 1.82) is 0 Å². The molecule has 0 nitrogen and oxygen atoms in total. The molecule has 0 aliphatic heterocycles. The van der Waals surface area contributed by atoms with Gasteiger partial charge in [-0.2, -0.15) is 0 Å². The third kappa shape index (κ3) is 1.90. The van der Waals surface area contributed by atoms with Crippen molar-refractivity contribution >= 4 is 27.5 Å². The van der Waals surface area contributed by atoms with Crippen LogP contribution < -0.4 is 0 Å². The van der Waals surface area contributed by atoms with Crippen LogP contribution in [0.5, 0.6) is 0 Å². The van der Waals surface area contributed by atoms with Crippen molar-refractivity contribution in [2.75, 3.05) is 0 Å². The fraction of sp³-hybridized carbons (Fsp3) is 0. The molecule has 0 atom stereocenters. The number of rotatable bonds is 2. The molecule has 0 aliphatic carbocycles. The van der Waals surface area contributed by atoms with Crippen molar-refractivity contribution in [2.45, 2.75) is 0 Å². The van der Waals surface area contributed by atoms with E-state index >= 15 is 0 Å². The van der Waals surface area contributed by atoms with Gasteiger partial charge < -0.3 is 0 Å². The largest absolute Gasteiger partial charge is 0.135 e. The Bertz CT molecular complexity index is 626. The van der Waals surface area contributed by atoms with E-state index in [1.54, 1.807) is 0 Å². The molecular formula is C16H12S. The number of hydrogen-bond acceptors (Lipinski definition) is 1. The lowest BCUT2D eigenvalue weighted by Crippen LogP contribution is -1.73. The maximum absolute atomic E-state index is 3.77.